The van der Waals surface area contributed by atoms with Crippen LogP contribution in [0.4, 0.5) is 14.5 Å². The molecule has 0 bridgehead atoms. The number of aryl methyl sites for hydroxylation is 2. The van der Waals surface area contributed by atoms with Crippen LogP contribution in [0.3, 0.4) is 0 Å². The normalized spacial score (nSPS) is 20.7. The fraction of sp³-hybridized carbons (Fsp3) is 0.382. The second-order valence-electron chi connectivity index (χ2n) is 12.6. The van der Waals surface area contributed by atoms with Crippen molar-refractivity contribution in [1.29, 1.82) is 0 Å². The van der Waals surface area contributed by atoms with Gasteiger partial charge in [-0.25, -0.2) is 8.78 Å². The summed E-state index contributed by atoms with van der Waals surface area (Å²) in [7, 11) is 3.74. The molecule has 0 radical (unpaired) electrons. The predicted octanol–water partition coefficient (Wildman–Crippen LogP) is 5.74. The van der Waals surface area contributed by atoms with E-state index in [1.165, 1.54) is 11.0 Å². The number of rotatable bonds is 8. The molecular weight excluding hydrogens is 552 g/mol. The summed E-state index contributed by atoms with van der Waals surface area (Å²) in [6, 6.07) is 12.9. The molecule has 9 heteroatoms. The van der Waals surface area contributed by atoms with E-state index in [9.17, 15) is 19.5 Å². The number of anilines is 1. The van der Waals surface area contributed by atoms with Crippen LogP contribution in [0, 0.1) is 42.7 Å². The van der Waals surface area contributed by atoms with Crippen molar-refractivity contribution in [3.8, 4) is 11.1 Å². The molecule has 2 N–H and O–H groups in total. The average Bonchev–Trinajstić information content (AvgIpc) is 3.26. The van der Waals surface area contributed by atoms with Gasteiger partial charge in [0.15, 0.2) is 11.6 Å². The van der Waals surface area contributed by atoms with Crippen LogP contribution in [-0.4, -0.2) is 54.5 Å². The van der Waals surface area contributed by atoms with Crippen molar-refractivity contribution in [2.75, 3.05) is 25.5 Å². The fourth-order valence-corrected chi connectivity index (χ4v) is 6.83. The summed E-state index contributed by atoms with van der Waals surface area (Å²) >= 11 is 0. The Morgan fingerprint density at radius 1 is 1.05 bits per heavy atom. The van der Waals surface area contributed by atoms with Crippen LogP contribution in [0.15, 0.2) is 54.6 Å². The topological polar surface area (TPSA) is 90.0 Å². The largest absolute Gasteiger partial charge is 0.481 e. The van der Waals surface area contributed by atoms with E-state index in [1.807, 2.05) is 71.0 Å². The van der Waals surface area contributed by atoms with Crippen LogP contribution >= 0.6 is 0 Å². The number of hydrogen-bond acceptors (Lipinski definition) is 4. The van der Waals surface area contributed by atoms with Gasteiger partial charge < -0.3 is 20.2 Å². The number of amides is 2. The van der Waals surface area contributed by atoms with Gasteiger partial charge >= 0.3 is 5.97 Å². The van der Waals surface area contributed by atoms with Gasteiger partial charge in [-0.2, -0.15) is 0 Å². The Bertz CT molecular complexity index is 1600. The van der Waals surface area contributed by atoms with Crippen LogP contribution in [0.2, 0.25) is 0 Å². The van der Waals surface area contributed by atoms with Crippen molar-refractivity contribution in [1.82, 2.24) is 10.2 Å². The van der Waals surface area contributed by atoms with Crippen molar-refractivity contribution in [2.24, 2.45) is 17.3 Å². The second-order valence-corrected chi connectivity index (χ2v) is 12.6. The molecule has 1 aliphatic heterocycles. The van der Waals surface area contributed by atoms with Gasteiger partial charge in [-0.15, -0.1) is 0 Å². The number of piperidine rings is 1. The summed E-state index contributed by atoms with van der Waals surface area (Å²) in [6.07, 6.45) is -0.665. The molecule has 226 valence electrons. The highest BCUT2D eigenvalue weighted by atomic mass is 19.2. The summed E-state index contributed by atoms with van der Waals surface area (Å²) in [5, 5.41) is 12.4. The molecule has 1 saturated carbocycles. The maximum atomic E-state index is 15.4. The summed E-state index contributed by atoms with van der Waals surface area (Å²) < 4.78 is 30.4. The molecule has 0 spiro atoms. The first-order valence-corrected chi connectivity index (χ1v) is 14.4. The van der Waals surface area contributed by atoms with Crippen molar-refractivity contribution in [3.05, 3.63) is 88.5 Å². The maximum Gasteiger partial charge on any atom is 0.305 e. The van der Waals surface area contributed by atoms with E-state index in [1.54, 1.807) is 18.2 Å². The van der Waals surface area contributed by atoms with Gasteiger partial charge in [0, 0.05) is 37.5 Å². The van der Waals surface area contributed by atoms with E-state index in [2.05, 4.69) is 5.32 Å². The lowest BCUT2D eigenvalue weighted by molar-refractivity contribution is -0.138. The van der Waals surface area contributed by atoms with E-state index < -0.39 is 42.0 Å². The number of benzene rings is 3. The molecule has 4 atom stereocenters. The molecule has 0 aromatic heterocycles. The number of carbonyl (C=O) groups excluding carboxylic acids is 2. The molecule has 1 heterocycles. The van der Waals surface area contributed by atoms with Crippen molar-refractivity contribution >= 4 is 23.5 Å². The van der Waals surface area contributed by atoms with E-state index in [-0.39, 0.29) is 28.7 Å². The highest BCUT2D eigenvalue weighted by molar-refractivity contribution is 5.99. The molecule has 1 unspecified atom stereocenters. The minimum atomic E-state index is -1.36. The predicted molar refractivity (Wildman–Crippen MR) is 161 cm³/mol. The SMILES string of the molecule is Cc1cccc(C)c1-c1cc(F)c(F)c([C@H](CC(=O)O)NC(=O)[C@@H]2[C@@H]3C(CN2C(=O)c2cccc(N(C)C)c2)C3(C)C)c1. The summed E-state index contributed by atoms with van der Waals surface area (Å²) in [5.74, 6) is -4.60. The van der Waals surface area contributed by atoms with Crippen LogP contribution in [-0.2, 0) is 9.59 Å². The summed E-state index contributed by atoms with van der Waals surface area (Å²) in [4.78, 5) is 43.1. The Morgan fingerprint density at radius 3 is 2.33 bits per heavy atom. The van der Waals surface area contributed by atoms with Gasteiger partial charge in [-0.05, 0) is 83.7 Å². The molecule has 7 nitrogen and oxygen atoms in total. The van der Waals surface area contributed by atoms with Gasteiger partial charge in [0.2, 0.25) is 5.91 Å². The monoisotopic (exact) mass is 589 g/mol. The maximum absolute atomic E-state index is 15.4. The Morgan fingerprint density at radius 2 is 1.70 bits per heavy atom. The molecular formula is C34H37F2N3O4. The molecule has 3 aromatic carbocycles. The zero-order valence-electron chi connectivity index (χ0n) is 25.2. The molecule has 43 heavy (non-hydrogen) atoms. The number of likely N-dealkylation sites (tertiary alicyclic amines) is 1. The first kappa shape index (κ1) is 30.2. The summed E-state index contributed by atoms with van der Waals surface area (Å²) in [6.45, 7) is 8.15. The van der Waals surface area contributed by atoms with E-state index >= 15 is 8.78 Å². The smallest absolute Gasteiger partial charge is 0.305 e. The number of halogens is 2. The first-order valence-electron chi connectivity index (χ1n) is 14.4. The van der Waals surface area contributed by atoms with E-state index in [4.69, 9.17) is 0 Å². The van der Waals surface area contributed by atoms with Crippen LogP contribution in [0.5, 0.6) is 0 Å². The third-order valence-electron chi connectivity index (χ3n) is 9.24. The van der Waals surface area contributed by atoms with Crippen molar-refractivity contribution in [2.45, 2.75) is 46.2 Å². The van der Waals surface area contributed by atoms with E-state index in [0.717, 1.165) is 22.9 Å². The lowest BCUT2D eigenvalue weighted by atomic mass is 9.91. The molecule has 1 saturated heterocycles. The number of carbonyl (C=O) groups is 3. The van der Waals surface area contributed by atoms with Gasteiger partial charge in [0.25, 0.3) is 5.91 Å². The lowest BCUT2D eigenvalue weighted by Gasteiger charge is -2.32. The zero-order chi connectivity index (χ0) is 31.4. The first-order chi connectivity index (χ1) is 20.2. The highest BCUT2D eigenvalue weighted by Crippen LogP contribution is 2.65. The minimum absolute atomic E-state index is 0.0868. The second kappa shape index (κ2) is 11.1. The highest BCUT2D eigenvalue weighted by Gasteiger charge is 2.69. The molecule has 2 aliphatic rings. The van der Waals surface area contributed by atoms with Crippen LogP contribution in [0.1, 0.15) is 53.4 Å². The Hall–Kier alpha value is -4.27. The van der Waals surface area contributed by atoms with Gasteiger partial charge in [0.05, 0.1) is 12.5 Å². The quantitative estimate of drug-likeness (QED) is 0.350. The van der Waals surface area contributed by atoms with E-state index in [0.29, 0.717) is 23.2 Å². The number of nitrogens with one attached hydrogen (secondary N) is 1. The zero-order valence-corrected chi connectivity index (χ0v) is 25.2. The fourth-order valence-electron chi connectivity index (χ4n) is 6.83. The number of hydrogen-bond donors (Lipinski definition) is 2. The Kier molecular flexibility index (Phi) is 7.79. The van der Waals surface area contributed by atoms with Crippen LogP contribution < -0.4 is 10.2 Å². The molecule has 5 rings (SSSR count). The summed E-state index contributed by atoms with van der Waals surface area (Å²) in [5.41, 5.74) is 3.58. The van der Waals surface area contributed by atoms with Gasteiger partial charge in [-0.1, -0.05) is 38.1 Å². The lowest BCUT2D eigenvalue weighted by Crippen LogP contribution is -2.50. The number of carboxylic acids is 1. The third-order valence-corrected chi connectivity index (χ3v) is 9.24. The van der Waals surface area contributed by atoms with Crippen molar-refractivity contribution < 1.29 is 28.3 Å². The van der Waals surface area contributed by atoms with Gasteiger partial charge in [0.1, 0.15) is 6.04 Å². The van der Waals surface area contributed by atoms with Crippen LogP contribution in [0.25, 0.3) is 11.1 Å². The Labute approximate surface area is 250 Å². The average molecular weight is 590 g/mol. The third kappa shape index (κ3) is 5.48. The molecule has 3 aromatic rings. The van der Waals surface area contributed by atoms with Gasteiger partial charge in [-0.3, -0.25) is 14.4 Å². The van der Waals surface area contributed by atoms with Crippen molar-refractivity contribution in [3.63, 3.8) is 0 Å². The minimum Gasteiger partial charge on any atom is -0.481 e. The number of fused-ring (bicyclic) bond motifs is 1. The number of aliphatic carboxylic acids is 1. The molecule has 2 fully saturated rings. The number of carboxylic acid groups (broad SMARTS) is 1. The Balaban J connectivity index is 1.50. The standard InChI is InChI=1S/C34H37F2N3O4/c1-18-9-7-10-19(2)28(18)21-14-23(30(36)25(35)15-21)26(16-27(40)41)37-32(42)31-29-24(34(29,3)4)17-39(31)33(43)20-11-8-12-22(13-20)38(5)6/h7-15,24,26,29,31H,16-17H2,1-6H3,(H,37,42)(H,40,41)/t24?,26-,29-,31-/m0/s1. The molecule has 1 aliphatic carbocycles. The molecule has 2 amide bonds. The number of nitrogens with zero attached hydrogens (tertiary/aromatic N) is 2.